The van der Waals surface area contributed by atoms with E-state index in [0.29, 0.717) is 41.3 Å². The highest BCUT2D eigenvalue weighted by atomic mass is 16.4. The van der Waals surface area contributed by atoms with Gasteiger partial charge in [-0.1, -0.05) is 90.1 Å². The molecule has 13 N–H and O–H groups in total. The second-order valence-corrected chi connectivity index (χ2v) is 21.7. The summed E-state index contributed by atoms with van der Waals surface area (Å²) in [7, 11) is 0. The lowest BCUT2D eigenvalue weighted by atomic mass is 9.99. The maximum absolute atomic E-state index is 14.8. The predicted molar refractivity (Wildman–Crippen MR) is 288 cm³/mol. The lowest BCUT2D eigenvalue weighted by molar-refractivity contribution is -0.149. The summed E-state index contributed by atoms with van der Waals surface area (Å²) in [6, 6.07) is 4.16. The largest absolute Gasteiger partial charge is 0.480 e. The van der Waals surface area contributed by atoms with Crippen LogP contribution in [0.2, 0.25) is 0 Å². The van der Waals surface area contributed by atoms with E-state index in [1.807, 2.05) is 27.7 Å². The third-order valence-electron chi connectivity index (χ3n) is 14.0. The Labute approximate surface area is 454 Å². The molecule has 5 rings (SSSR count). The molecule has 10 atom stereocenters. The van der Waals surface area contributed by atoms with Crippen LogP contribution in [0.1, 0.15) is 105 Å². The van der Waals surface area contributed by atoms with Crippen molar-refractivity contribution in [2.45, 2.75) is 167 Å². The molecule has 9 amide bonds. The number of aliphatic hydroxyl groups excluding tert-OH is 1. The number of aliphatic hydroxyl groups is 1. The first-order valence-electron chi connectivity index (χ1n) is 26.8. The summed E-state index contributed by atoms with van der Waals surface area (Å²) in [6.45, 7) is 12.2. The molecule has 2 aliphatic heterocycles. The van der Waals surface area contributed by atoms with E-state index in [0.717, 1.165) is 0 Å². The average molecular weight is 1090 g/mol. The van der Waals surface area contributed by atoms with Crippen LogP contribution in [0.5, 0.6) is 0 Å². The van der Waals surface area contributed by atoms with Gasteiger partial charge in [0.2, 0.25) is 53.2 Å². The maximum Gasteiger partial charge on any atom is 0.326 e. The Balaban J connectivity index is 1.42. The molecule has 0 saturated carbocycles. The van der Waals surface area contributed by atoms with Crippen molar-refractivity contribution in [3.8, 4) is 0 Å². The topological polar surface area (TPSA) is 358 Å². The van der Waals surface area contributed by atoms with Crippen molar-refractivity contribution in [1.29, 1.82) is 0 Å². The number of aliphatic carboxylic acids is 1. The molecule has 23 nitrogen and oxygen atoms in total. The molecule has 23 heteroatoms. The van der Waals surface area contributed by atoms with Gasteiger partial charge in [0.25, 0.3) is 0 Å². The van der Waals surface area contributed by atoms with E-state index in [9.17, 15) is 58.2 Å². The van der Waals surface area contributed by atoms with Crippen molar-refractivity contribution in [3.63, 3.8) is 0 Å². The second kappa shape index (κ2) is 28.3. The van der Waals surface area contributed by atoms with Crippen molar-refractivity contribution in [2.24, 2.45) is 29.2 Å². The molecule has 0 bridgehead atoms. The highest BCUT2D eigenvalue weighted by Gasteiger charge is 2.45. The number of primary amides is 1. The summed E-state index contributed by atoms with van der Waals surface area (Å²) in [5, 5.41) is 37.2. The van der Waals surface area contributed by atoms with Gasteiger partial charge in [0.15, 0.2) is 0 Å². The van der Waals surface area contributed by atoms with Gasteiger partial charge in [0.1, 0.15) is 48.3 Å². The monoisotopic (exact) mass is 1090 g/mol. The molecule has 0 aliphatic carbocycles. The SMILES string of the molecule is CC(C)C[C@H](NC(=O)[C@@H](N)CC(C)C)C(=O)N[C@H](C(=O)N[C@@H](Cc1ccccc1)C(=O)N[C@@H](Cc1c[nH]c2ccccc12)C(=O)N[C@@H](CC(N)=O)C(=O)N1CCC[C@H]1C(=O)N1CCC[C@H]1C(=O)N[C@H](C(=O)O)C(C)C)[C@@H](C)O. The number of hydrogen-bond donors (Lipinski definition) is 11. The molecule has 0 radical (unpaired) electrons. The zero-order valence-electron chi connectivity index (χ0n) is 45.6. The van der Waals surface area contributed by atoms with Crippen LogP contribution in [-0.4, -0.2) is 158 Å². The first kappa shape index (κ1) is 61.5. The van der Waals surface area contributed by atoms with Crippen molar-refractivity contribution in [3.05, 3.63) is 71.9 Å². The number of hydrogen-bond acceptors (Lipinski definition) is 12. The van der Waals surface area contributed by atoms with Gasteiger partial charge in [0.05, 0.1) is 18.6 Å². The number of benzene rings is 2. The molecule has 2 fully saturated rings. The van der Waals surface area contributed by atoms with Crippen LogP contribution in [0.25, 0.3) is 10.9 Å². The van der Waals surface area contributed by atoms with Gasteiger partial charge in [0, 0.05) is 43.0 Å². The van der Waals surface area contributed by atoms with Crippen molar-refractivity contribution >= 4 is 70.0 Å². The van der Waals surface area contributed by atoms with Crippen LogP contribution in [0.15, 0.2) is 60.8 Å². The zero-order valence-corrected chi connectivity index (χ0v) is 45.6. The fourth-order valence-electron chi connectivity index (χ4n) is 10.00. The number of aromatic amines is 1. The van der Waals surface area contributed by atoms with E-state index in [4.69, 9.17) is 11.5 Å². The van der Waals surface area contributed by atoms with Gasteiger partial charge < -0.3 is 68.4 Å². The molecule has 0 unspecified atom stereocenters. The fourth-order valence-corrected chi connectivity index (χ4v) is 10.00. The van der Waals surface area contributed by atoms with Gasteiger partial charge >= 0.3 is 5.97 Å². The Morgan fingerprint density at radius 3 is 1.78 bits per heavy atom. The number of H-pyrrole nitrogens is 1. The van der Waals surface area contributed by atoms with Crippen molar-refractivity contribution in [1.82, 2.24) is 46.7 Å². The highest BCUT2D eigenvalue weighted by molar-refractivity contribution is 6.00. The van der Waals surface area contributed by atoms with E-state index in [1.54, 1.807) is 74.6 Å². The third kappa shape index (κ3) is 16.8. The van der Waals surface area contributed by atoms with Crippen LogP contribution in [0.4, 0.5) is 0 Å². The number of aromatic nitrogens is 1. The summed E-state index contributed by atoms with van der Waals surface area (Å²) in [5.74, 6) is -8.82. The minimum absolute atomic E-state index is 0.0449. The van der Waals surface area contributed by atoms with Gasteiger partial charge in [-0.3, -0.25) is 43.2 Å². The number of para-hydroxylation sites is 1. The van der Waals surface area contributed by atoms with Crippen LogP contribution >= 0.6 is 0 Å². The number of nitrogens with two attached hydrogens (primary N) is 2. The minimum atomic E-state index is -1.64. The molecule has 2 aromatic carbocycles. The summed E-state index contributed by atoms with van der Waals surface area (Å²) in [6.07, 6.45) is 0.840. The average Bonchev–Trinajstić information content (AvgIpc) is 4.17. The van der Waals surface area contributed by atoms with Gasteiger partial charge in [-0.25, -0.2) is 4.79 Å². The maximum atomic E-state index is 14.8. The van der Waals surface area contributed by atoms with E-state index < -0.39 is 132 Å². The molecule has 0 spiro atoms. The van der Waals surface area contributed by atoms with Crippen LogP contribution < -0.4 is 43.4 Å². The number of carboxylic acid groups (broad SMARTS) is 1. The Morgan fingerprint density at radius 1 is 0.628 bits per heavy atom. The lowest BCUT2D eigenvalue weighted by Gasteiger charge is -2.33. The van der Waals surface area contributed by atoms with Crippen molar-refractivity contribution < 1.29 is 58.2 Å². The van der Waals surface area contributed by atoms with E-state index in [2.05, 4.69) is 36.9 Å². The summed E-state index contributed by atoms with van der Waals surface area (Å²) in [4.78, 5) is 143. The second-order valence-electron chi connectivity index (χ2n) is 21.7. The summed E-state index contributed by atoms with van der Waals surface area (Å²) < 4.78 is 0. The van der Waals surface area contributed by atoms with Gasteiger partial charge in [-0.15, -0.1) is 0 Å². The Bertz CT molecular complexity index is 2620. The number of nitrogens with one attached hydrogen (secondary N) is 7. The number of amides is 9. The van der Waals surface area contributed by atoms with E-state index >= 15 is 0 Å². The first-order chi connectivity index (χ1) is 36.9. The first-order valence-corrected chi connectivity index (χ1v) is 26.8. The lowest BCUT2D eigenvalue weighted by Crippen LogP contribution is -2.62. The number of carbonyl (C=O) groups is 10. The number of likely N-dealkylation sites (tertiary alicyclic amines) is 2. The number of fused-ring (bicyclic) bond motifs is 1. The number of carboxylic acids is 1. The molecule has 3 aromatic rings. The molecule has 78 heavy (non-hydrogen) atoms. The predicted octanol–water partition coefficient (Wildman–Crippen LogP) is 0.260. The Kier molecular flexibility index (Phi) is 22.3. The quantitative estimate of drug-likeness (QED) is 0.0489. The van der Waals surface area contributed by atoms with E-state index in [1.165, 1.54) is 16.7 Å². The molecule has 3 heterocycles. The van der Waals surface area contributed by atoms with Gasteiger partial charge in [-0.05, 0) is 80.4 Å². The Hall–Kier alpha value is -7.40. The molecular weight excluding hydrogens is 1010 g/mol. The van der Waals surface area contributed by atoms with Gasteiger partial charge in [-0.2, -0.15) is 0 Å². The van der Waals surface area contributed by atoms with E-state index in [-0.39, 0.29) is 57.0 Å². The molecule has 2 saturated heterocycles. The van der Waals surface area contributed by atoms with Crippen LogP contribution in [0, 0.1) is 17.8 Å². The molecule has 2 aliphatic rings. The summed E-state index contributed by atoms with van der Waals surface area (Å²) >= 11 is 0. The highest BCUT2D eigenvalue weighted by Crippen LogP contribution is 2.27. The standard InChI is InChI=1S/C55H79N11O12/c1-29(2)23-36(56)47(69)59-38(24-30(3)4)50(72)64-46(32(7)67)52(74)61-39(25-33-15-9-8-10-16-33)48(70)60-40(26-34-28-58-37-18-12-11-17-35(34)37)49(71)62-41(27-44(57)68)53(75)66-22-14-20-43(66)54(76)65-21-13-19-42(65)51(73)63-45(31(5)6)55(77)78/h8-12,15-18,28-32,36,38-43,45-46,58,67H,13-14,19-27,56H2,1-7H3,(H2,57,68)(H,59,69)(H,60,70)(H,61,74)(H,62,71)(H,63,73)(H,64,72)(H,77,78)/t32-,36+,38+,39+,40+,41+,42+,43+,45+,46+/m1/s1. The third-order valence-corrected chi connectivity index (χ3v) is 14.0. The number of nitrogens with zero attached hydrogens (tertiary/aromatic N) is 2. The minimum Gasteiger partial charge on any atom is -0.480 e. The normalized spacial score (nSPS) is 18.5. The number of rotatable bonds is 27. The van der Waals surface area contributed by atoms with Crippen LogP contribution in [-0.2, 0) is 60.8 Å². The summed E-state index contributed by atoms with van der Waals surface area (Å²) in [5.41, 5.74) is 13.7. The fraction of sp³-hybridized carbons (Fsp3) is 0.564. The molecule has 426 valence electrons. The molecule has 1 aromatic heterocycles. The van der Waals surface area contributed by atoms with Crippen LogP contribution in [0.3, 0.4) is 0 Å². The van der Waals surface area contributed by atoms with Crippen molar-refractivity contribution in [2.75, 3.05) is 13.1 Å². The zero-order chi connectivity index (χ0) is 57.5. The molecular formula is C55H79N11O12. The smallest absolute Gasteiger partial charge is 0.326 e. The Morgan fingerprint density at radius 2 is 1.18 bits per heavy atom. The number of carbonyl (C=O) groups excluding carboxylic acids is 9.